The molecule has 6 nitrogen and oxygen atoms in total. The lowest BCUT2D eigenvalue weighted by Crippen LogP contribution is -2.38. The summed E-state index contributed by atoms with van der Waals surface area (Å²) in [5.74, 6) is -0.478. The van der Waals surface area contributed by atoms with Crippen LogP contribution < -0.4 is 5.73 Å². The van der Waals surface area contributed by atoms with Gasteiger partial charge in [-0.1, -0.05) is 24.3 Å². The van der Waals surface area contributed by atoms with Crippen molar-refractivity contribution in [2.75, 3.05) is 20.3 Å². The summed E-state index contributed by atoms with van der Waals surface area (Å²) in [5.41, 5.74) is 7.44. The summed E-state index contributed by atoms with van der Waals surface area (Å²) in [6.07, 6.45) is 1.66. The van der Waals surface area contributed by atoms with Gasteiger partial charge in [0.25, 0.3) is 0 Å². The Hall–Kier alpha value is -2.22. The average Bonchev–Trinajstić information content (AvgIpc) is 3.11. The second kappa shape index (κ2) is 7.57. The third-order valence-electron chi connectivity index (χ3n) is 4.65. The van der Waals surface area contributed by atoms with Crippen molar-refractivity contribution in [1.29, 1.82) is 0 Å². The van der Waals surface area contributed by atoms with Crippen LogP contribution >= 0.6 is 0 Å². The van der Waals surface area contributed by atoms with E-state index < -0.39 is 15.9 Å². The molecule has 1 aliphatic rings. The van der Waals surface area contributed by atoms with Crippen LogP contribution in [0.2, 0.25) is 0 Å². The molecule has 138 valence electrons. The maximum Gasteiger partial charge on any atom is 0.248 e. The summed E-state index contributed by atoms with van der Waals surface area (Å²) in [6, 6.07) is 13.6. The van der Waals surface area contributed by atoms with Crippen molar-refractivity contribution in [3.63, 3.8) is 0 Å². The van der Waals surface area contributed by atoms with Crippen LogP contribution in [0.1, 0.15) is 23.2 Å². The lowest BCUT2D eigenvalue weighted by molar-refractivity contribution is 0.100. The number of rotatable bonds is 6. The first-order chi connectivity index (χ1) is 12.4. The molecule has 0 aliphatic carbocycles. The van der Waals surface area contributed by atoms with E-state index >= 15 is 0 Å². The minimum absolute atomic E-state index is 0.106. The van der Waals surface area contributed by atoms with Gasteiger partial charge in [-0.3, -0.25) is 4.79 Å². The third-order valence-corrected chi connectivity index (χ3v) is 6.61. The Morgan fingerprint density at radius 1 is 1.12 bits per heavy atom. The minimum atomic E-state index is -3.53. The lowest BCUT2D eigenvalue weighted by Gasteiger charge is -2.23. The SMILES string of the molecule is COC[C@@H]1CCCN1S(=O)(=O)c1ccc(-c2ccc(C(N)=O)cc2)cc1. The fraction of sp³-hybridized carbons (Fsp3) is 0.316. The number of ether oxygens (including phenoxy) is 1. The lowest BCUT2D eigenvalue weighted by atomic mass is 10.0. The molecular weight excluding hydrogens is 352 g/mol. The molecule has 3 rings (SSSR count). The standard InChI is InChI=1S/C19H22N2O4S/c1-25-13-17-3-2-12-21(17)26(23,24)18-10-8-15(9-11-18)14-4-6-16(7-5-14)19(20)22/h4-11,17H,2-3,12-13H2,1H3,(H2,20,22)/t17-/m0/s1. The number of sulfonamides is 1. The van der Waals surface area contributed by atoms with Crippen LogP contribution in [0.15, 0.2) is 53.4 Å². The Labute approximate surface area is 153 Å². The van der Waals surface area contributed by atoms with E-state index in [0.717, 1.165) is 24.0 Å². The van der Waals surface area contributed by atoms with Crippen molar-refractivity contribution < 1.29 is 17.9 Å². The van der Waals surface area contributed by atoms with Gasteiger partial charge in [-0.15, -0.1) is 0 Å². The quantitative estimate of drug-likeness (QED) is 0.840. The molecule has 1 atom stereocenters. The summed E-state index contributed by atoms with van der Waals surface area (Å²) in [4.78, 5) is 11.4. The summed E-state index contributed by atoms with van der Waals surface area (Å²) in [7, 11) is -1.95. The molecule has 0 spiro atoms. The zero-order chi connectivity index (χ0) is 18.7. The number of hydrogen-bond acceptors (Lipinski definition) is 4. The molecule has 2 aromatic carbocycles. The number of carbonyl (C=O) groups is 1. The van der Waals surface area contributed by atoms with E-state index in [2.05, 4.69) is 0 Å². The normalized spacial score (nSPS) is 18.1. The van der Waals surface area contributed by atoms with Gasteiger partial charge in [0, 0.05) is 25.3 Å². The van der Waals surface area contributed by atoms with Gasteiger partial charge in [0.05, 0.1) is 11.5 Å². The first-order valence-electron chi connectivity index (χ1n) is 8.44. The first kappa shape index (κ1) is 18.6. The number of carbonyl (C=O) groups excluding carboxylic acids is 1. The van der Waals surface area contributed by atoms with Crippen LogP contribution in [0.25, 0.3) is 11.1 Å². The fourth-order valence-corrected chi connectivity index (χ4v) is 4.95. The molecule has 26 heavy (non-hydrogen) atoms. The molecule has 1 fully saturated rings. The molecule has 1 aliphatic heterocycles. The highest BCUT2D eigenvalue weighted by molar-refractivity contribution is 7.89. The van der Waals surface area contributed by atoms with Crippen LogP contribution in [-0.4, -0.2) is 44.9 Å². The van der Waals surface area contributed by atoms with Crippen LogP contribution in [-0.2, 0) is 14.8 Å². The molecule has 1 saturated heterocycles. The number of methoxy groups -OCH3 is 1. The highest BCUT2D eigenvalue weighted by Crippen LogP contribution is 2.28. The van der Waals surface area contributed by atoms with E-state index in [0.29, 0.717) is 18.7 Å². The summed E-state index contributed by atoms with van der Waals surface area (Å²) >= 11 is 0. The maximum atomic E-state index is 12.9. The molecule has 1 heterocycles. The molecule has 0 unspecified atom stereocenters. The van der Waals surface area contributed by atoms with E-state index in [1.807, 2.05) is 0 Å². The van der Waals surface area contributed by atoms with Gasteiger partial charge in [0.15, 0.2) is 0 Å². The van der Waals surface area contributed by atoms with E-state index in [9.17, 15) is 13.2 Å². The molecule has 0 radical (unpaired) electrons. The van der Waals surface area contributed by atoms with E-state index in [-0.39, 0.29) is 10.9 Å². The van der Waals surface area contributed by atoms with Crippen molar-refractivity contribution in [2.24, 2.45) is 5.73 Å². The fourth-order valence-electron chi connectivity index (χ4n) is 3.27. The molecular formula is C19H22N2O4S. The topological polar surface area (TPSA) is 89.7 Å². The number of nitrogens with two attached hydrogens (primary N) is 1. The molecule has 2 N–H and O–H groups in total. The highest BCUT2D eigenvalue weighted by atomic mass is 32.2. The smallest absolute Gasteiger partial charge is 0.248 e. The van der Waals surface area contributed by atoms with Gasteiger partial charge in [-0.2, -0.15) is 4.31 Å². The van der Waals surface area contributed by atoms with Crippen molar-refractivity contribution >= 4 is 15.9 Å². The largest absolute Gasteiger partial charge is 0.383 e. The summed E-state index contributed by atoms with van der Waals surface area (Å²) in [6.45, 7) is 0.927. The van der Waals surface area contributed by atoms with Crippen molar-refractivity contribution in [3.8, 4) is 11.1 Å². The third kappa shape index (κ3) is 3.65. The molecule has 0 saturated carbocycles. The van der Waals surface area contributed by atoms with Gasteiger partial charge in [0.1, 0.15) is 0 Å². The minimum Gasteiger partial charge on any atom is -0.383 e. The molecule has 7 heteroatoms. The van der Waals surface area contributed by atoms with Crippen LogP contribution in [0.5, 0.6) is 0 Å². The average molecular weight is 374 g/mol. The second-order valence-electron chi connectivity index (χ2n) is 6.33. The van der Waals surface area contributed by atoms with E-state index in [1.54, 1.807) is 55.6 Å². The zero-order valence-corrected chi connectivity index (χ0v) is 15.4. The number of primary amides is 1. The van der Waals surface area contributed by atoms with Crippen molar-refractivity contribution in [1.82, 2.24) is 4.31 Å². The molecule has 1 amide bonds. The highest BCUT2D eigenvalue weighted by Gasteiger charge is 2.35. The predicted molar refractivity (Wildman–Crippen MR) is 99.2 cm³/mol. The first-order valence-corrected chi connectivity index (χ1v) is 9.88. The van der Waals surface area contributed by atoms with Crippen molar-refractivity contribution in [3.05, 3.63) is 54.1 Å². The number of amides is 1. The number of benzene rings is 2. The van der Waals surface area contributed by atoms with E-state index in [4.69, 9.17) is 10.5 Å². The number of hydrogen-bond donors (Lipinski definition) is 1. The van der Waals surface area contributed by atoms with Gasteiger partial charge < -0.3 is 10.5 Å². The van der Waals surface area contributed by atoms with Gasteiger partial charge in [-0.25, -0.2) is 8.42 Å². The predicted octanol–water partition coefficient (Wildman–Crippen LogP) is 2.25. The summed E-state index contributed by atoms with van der Waals surface area (Å²) in [5, 5.41) is 0. The van der Waals surface area contributed by atoms with Crippen LogP contribution in [0.4, 0.5) is 0 Å². The molecule has 2 aromatic rings. The Morgan fingerprint density at radius 3 is 2.23 bits per heavy atom. The Balaban J connectivity index is 1.83. The number of nitrogens with zero attached hydrogens (tertiary/aromatic N) is 1. The monoisotopic (exact) mass is 374 g/mol. The van der Waals surface area contributed by atoms with Crippen LogP contribution in [0, 0.1) is 0 Å². The Morgan fingerprint density at radius 2 is 1.69 bits per heavy atom. The van der Waals surface area contributed by atoms with Crippen molar-refractivity contribution in [2.45, 2.75) is 23.8 Å². The molecule has 0 bridgehead atoms. The van der Waals surface area contributed by atoms with Crippen LogP contribution in [0.3, 0.4) is 0 Å². The second-order valence-corrected chi connectivity index (χ2v) is 8.22. The van der Waals surface area contributed by atoms with E-state index in [1.165, 1.54) is 4.31 Å². The molecule has 0 aromatic heterocycles. The summed E-state index contributed by atoms with van der Waals surface area (Å²) < 4.78 is 32.5. The van der Waals surface area contributed by atoms with Gasteiger partial charge >= 0.3 is 0 Å². The van der Waals surface area contributed by atoms with Gasteiger partial charge in [0.2, 0.25) is 15.9 Å². The van der Waals surface area contributed by atoms with Gasteiger partial charge in [-0.05, 0) is 48.2 Å². The zero-order valence-electron chi connectivity index (χ0n) is 14.6. The maximum absolute atomic E-state index is 12.9. The Bertz CT molecular complexity index is 877. The Kier molecular flexibility index (Phi) is 5.41.